The molecule has 0 spiro atoms. The van der Waals surface area contributed by atoms with E-state index in [9.17, 15) is 4.79 Å². The first kappa shape index (κ1) is 19.3. The molecule has 30 heavy (non-hydrogen) atoms. The average molecular weight is 399 g/mol. The molecule has 0 unspecified atom stereocenters. The summed E-state index contributed by atoms with van der Waals surface area (Å²) in [6, 6.07) is 7.91. The summed E-state index contributed by atoms with van der Waals surface area (Å²) in [7, 11) is 0. The molecule has 0 saturated heterocycles. The number of fused-ring (bicyclic) bond motifs is 1. The Kier molecular flexibility index (Phi) is 4.80. The zero-order chi connectivity index (χ0) is 21.4. The van der Waals surface area contributed by atoms with Gasteiger partial charge in [-0.3, -0.25) is 14.6 Å². The number of carbonyl (C=O) groups excluding carboxylic acids is 1. The highest BCUT2D eigenvalue weighted by atomic mass is 16.1. The second kappa shape index (κ2) is 7.44. The van der Waals surface area contributed by atoms with Crippen molar-refractivity contribution in [3.05, 3.63) is 59.2 Å². The molecule has 8 heteroatoms. The summed E-state index contributed by atoms with van der Waals surface area (Å²) >= 11 is 0. The van der Waals surface area contributed by atoms with Crippen molar-refractivity contribution >= 4 is 22.5 Å². The first-order valence-corrected chi connectivity index (χ1v) is 9.59. The van der Waals surface area contributed by atoms with Gasteiger partial charge in [0.05, 0.1) is 17.3 Å². The summed E-state index contributed by atoms with van der Waals surface area (Å²) in [5.41, 5.74) is 5.39. The Hall–Kier alpha value is -3.99. The van der Waals surface area contributed by atoms with Gasteiger partial charge in [-0.25, -0.2) is 4.98 Å². The van der Waals surface area contributed by atoms with Crippen LogP contribution >= 0.6 is 0 Å². The van der Waals surface area contributed by atoms with Gasteiger partial charge in [-0.15, -0.1) is 0 Å². The fraction of sp³-hybridized carbons (Fsp3) is 0.227. The molecular formula is C22H21N7O. The zero-order valence-electron chi connectivity index (χ0n) is 17.2. The largest absolute Gasteiger partial charge is 0.321 e. The Morgan fingerprint density at radius 1 is 1.23 bits per heavy atom. The lowest BCUT2D eigenvalue weighted by Crippen LogP contribution is -2.16. The highest BCUT2D eigenvalue weighted by molar-refractivity contribution is 6.05. The topological polar surface area (TPSA) is 112 Å². The van der Waals surface area contributed by atoms with Crippen molar-refractivity contribution in [2.45, 2.75) is 33.7 Å². The van der Waals surface area contributed by atoms with E-state index in [1.54, 1.807) is 13.1 Å². The van der Waals surface area contributed by atoms with Gasteiger partial charge in [-0.1, -0.05) is 0 Å². The van der Waals surface area contributed by atoms with Gasteiger partial charge in [0, 0.05) is 35.1 Å². The first-order valence-electron chi connectivity index (χ1n) is 9.59. The van der Waals surface area contributed by atoms with Gasteiger partial charge in [0.15, 0.2) is 0 Å². The molecule has 1 amide bonds. The molecule has 0 atom stereocenters. The molecule has 4 rings (SSSR count). The number of aromatic nitrogens is 5. The highest BCUT2D eigenvalue weighted by Gasteiger charge is 2.16. The molecule has 0 radical (unpaired) electrons. The Labute approximate surface area is 173 Å². The van der Waals surface area contributed by atoms with Gasteiger partial charge in [-0.2, -0.15) is 15.5 Å². The lowest BCUT2D eigenvalue weighted by molar-refractivity contribution is 0.102. The van der Waals surface area contributed by atoms with E-state index in [1.165, 1.54) is 6.20 Å². The predicted octanol–water partition coefficient (Wildman–Crippen LogP) is 4.14. The number of nitrogens with zero attached hydrogens (tertiary/aromatic N) is 5. The second-order valence-corrected chi connectivity index (χ2v) is 7.47. The Bertz CT molecular complexity index is 1310. The summed E-state index contributed by atoms with van der Waals surface area (Å²) in [4.78, 5) is 17.0. The molecule has 150 valence electrons. The quantitative estimate of drug-likeness (QED) is 0.535. The second-order valence-electron chi connectivity index (χ2n) is 7.47. The van der Waals surface area contributed by atoms with E-state index in [1.807, 2.05) is 36.0 Å². The number of carbonyl (C=O) groups is 1. The molecule has 0 aliphatic rings. The maximum atomic E-state index is 12.8. The SMILES string of the molecule is Cc1c(C#N)cnc(C(=O)Nc2ccc3[nH]nc(-c4cnn(C(C)C)c4)c3c2)c1C. The highest BCUT2D eigenvalue weighted by Crippen LogP contribution is 2.29. The number of anilines is 1. The number of pyridine rings is 1. The van der Waals surface area contributed by atoms with Crippen molar-refractivity contribution in [3.8, 4) is 17.3 Å². The standard InChI is InChI=1S/C22H21N7O/c1-12(2)29-11-16(10-25-29)21-18-7-17(5-6-19(18)27-28-21)26-22(30)20-14(4)13(3)15(8-23)9-24-20/h5-7,9-12H,1-4H3,(H,26,30)(H,27,28). The predicted molar refractivity (Wildman–Crippen MR) is 114 cm³/mol. The van der Waals surface area contributed by atoms with Crippen molar-refractivity contribution in [1.29, 1.82) is 5.26 Å². The Morgan fingerprint density at radius 2 is 2.03 bits per heavy atom. The number of nitriles is 1. The number of aromatic amines is 1. The average Bonchev–Trinajstić information content (AvgIpc) is 3.36. The minimum Gasteiger partial charge on any atom is -0.321 e. The maximum absolute atomic E-state index is 12.8. The summed E-state index contributed by atoms with van der Waals surface area (Å²) < 4.78 is 1.88. The fourth-order valence-electron chi connectivity index (χ4n) is 3.29. The fourth-order valence-corrected chi connectivity index (χ4v) is 3.29. The summed E-state index contributed by atoms with van der Waals surface area (Å²) in [5.74, 6) is -0.322. The molecule has 3 heterocycles. The molecule has 0 aliphatic carbocycles. The number of hydrogen-bond donors (Lipinski definition) is 2. The number of nitrogens with one attached hydrogen (secondary N) is 2. The summed E-state index contributed by atoms with van der Waals surface area (Å²) in [5, 5.41) is 24.8. The number of amides is 1. The van der Waals surface area contributed by atoms with Crippen molar-refractivity contribution in [3.63, 3.8) is 0 Å². The van der Waals surface area contributed by atoms with E-state index < -0.39 is 0 Å². The van der Waals surface area contributed by atoms with Crippen LogP contribution in [-0.4, -0.2) is 30.9 Å². The maximum Gasteiger partial charge on any atom is 0.274 e. The van der Waals surface area contributed by atoms with Crippen LogP contribution in [0.4, 0.5) is 5.69 Å². The molecule has 0 saturated carbocycles. The molecule has 3 aromatic heterocycles. The van der Waals surface area contributed by atoms with E-state index in [2.05, 4.69) is 45.5 Å². The van der Waals surface area contributed by atoms with Crippen LogP contribution in [0.2, 0.25) is 0 Å². The van der Waals surface area contributed by atoms with Crippen LogP contribution in [0.5, 0.6) is 0 Å². The van der Waals surface area contributed by atoms with Gasteiger partial charge in [0.1, 0.15) is 17.5 Å². The number of hydrogen-bond acceptors (Lipinski definition) is 5. The lowest BCUT2D eigenvalue weighted by atomic mass is 10.0. The third kappa shape index (κ3) is 3.31. The first-order chi connectivity index (χ1) is 14.4. The van der Waals surface area contributed by atoms with Gasteiger partial charge in [0.25, 0.3) is 5.91 Å². The minimum absolute atomic E-state index is 0.255. The van der Waals surface area contributed by atoms with E-state index in [0.29, 0.717) is 22.5 Å². The van der Waals surface area contributed by atoms with Crippen LogP contribution in [0, 0.1) is 25.2 Å². The monoisotopic (exact) mass is 399 g/mol. The Morgan fingerprint density at radius 3 is 2.73 bits per heavy atom. The van der Waals surface area contributed by atoms with Crippen LogP contribution in [-0.2, 0) is 0 Å². The summed E-state index contributed by atoms with van der Waals surface area (Å²) in [6.45, 7) is 7.73. The van der Waals surface area contributed by atoms with Crippen LogP contribution in [0.15, 0.2) is 36.8 Å². The van der Waals surface area contributed by atoms with Crippen molar-refractivity contribution in [2.24, 2.45) is 0 Å². The lowest BCUT2D eigenvalue weighted by Gasteiger charge is -2.10. The Balaban J connectivity index is 1.66. The van der Waals surface area contributed by atoms with Crippen LogP contribution in [0.3, 0.4) is 0 Å². The molecular weight excluding hydrogens is 378 g/mol. The normalized spacial score (nSPS) is 11.1. The van der Waals surface area contributed by atoms with Crippen LogP contribution in [0.25, 0.3) is 22.2 Å². The van der Waals surface area contributed by atoms with Crippen molar-refractivity contribution < 1.29 is 4.79 Å². The number of benzene rings is 1. The van der Waals surface area contributed by atoms with E-state index in [0.717, 1.165) is 27.7 Å². The van der Waals surface area contributed by atoms with E-state index in [4.69, 9.17) is 5.26 Å². The van der Waals surface area contributed by atoms with Crippen molar-refractivity contribution in [2.75, 3.05) is 5.32 Å². The molecule has 2 N–H and O–H groups in total. The van der Waals surface area contributed by atoms with Crippen molar-refractivity contribution in [1.82, 2.24) is 25.0 Å². The molecule has 8 nitrogen and oxygen atoms in total. The molecule has 1 aromatic carbocycles. The van der Waals surface area contributed by atoms with Gasteiger partial charge < -0.3 is 5.32 Å². The van der Waals surface area contributed by atoms with Gasteiger partial charge in [0.2, 0.25) is 0 Å². The third-order valence-corrected chi connectivity index (χ3v) is 5.20. The summed E-state index contributed by atoms with van der Waals surface area (Å²) in [6.07, 6.45) is 5.17. The molecule has 0 aliphatic heterocycles. The number of H-pyrrole nitrogens is 1. The van der Waals surface area contributed by atoms with E-state index in [-0.39, 0.29) is 11.9 Å². The molecule has 4 aromatic rings. The van der Waals surface area contributed by atoms with Crippen LogP contribution < -0.4 is 5.32 Å². The van der Waals surface area contributed by atoms with Gasteiger partial charge >= 0.3 is 0 Å². The smallest absolute Gasteiger partial charge is 0.274 e. The van der Waals surface area contributed by atoms with Crippen LogP contribution in [0.1, 0.15) is 47.1 Å². The number of rotatable bonds is 4. The van der Waals surface area contributed by atoms with E-state index >= 15 is 0 Å². The third-order valence-electron chi connectivity index (χ3n) is 5.20. The van der Waals surface area contributed by atoms with Gasteiger partial charge in [-0.05, 0) is 57.0 Å². The zero-order valence-corrected chi connectivity index (χ0v) is 17.2. The minimum atomic E-state index is -0.322. The molecule has 0 bridgehead atoms. The molecule has 0 fully saturated rings.